The third-order valence-electron chi connectivity index (χ3n) is 3.00. The largest absolute Gasteiger partial charge is 0.396 e. The molecule has 0 saturated heterocycles. The SMILES string of the molecule is CC(CO)(CO)CNCc1ccc(S(C)(=O)=O)cc1. The molecule has 19 heavy (non-hydrogen) atoms. The molecule has 5 nitrogen and oxygen atoms in total. The van der Waals surface area contributed by atoms with E-state index in [-0.39, 0.29) is 13.2 Å². The summed E-state index contributed by atoms with van der Waals surface area (Å²) in [5, 5.41) is 21.4. The molecule has 0 fully saturated rings. The van der Waals surface area contributed by atoms with Crippen LogP contribution < -0.4 is 5.32 Å². The number of benzene rings is 1. The lowest BCUT2D eigenvalue weighted by molar-refractivity contribution is 0.0695. The third-order valence-corrected chi connectivity index (χ3v) is 4.12. The molecule has 0 amide bonds. The van der Waals surface area contributed by atoms with Crippen LogP contribution in [0.1, 0.15) is 12.5 Å². The van der Waals surface area contributed by atoms with E-state index in [0.29, 0.717) is 18.0 Å². The van der Waals surface area contributed by atoms with Crippen LogP contribution in [0, 0.1) is 5.41 Å². The van der Waals surface area contributed by atoms with Gasteiger partial charge in [-0.05, 0) is 17.7 Å². The van der Waals surface area contributed by atoms with Crippen LogP contribution in [0.2, 0.25) is 0 Å². The van der Waals surface area contributed by atoms with Gasteiger partial charge >= 0.3 is 0 Å². The van der Waals surface area contributed by atoms with E-state index in [1.807, 2.05) is 0 Å². The summed E-state index contributed by atoms with van der Waals surface area (Å²) in [6.07, 6.45) is 1.17. The van der Waals surface area contributed by atoms with Crippen LogP contribution in [0.4, 0.5) is 0 Å². The van der Waals surface area contributed by atoms with Crippen molar-refractivity contribution in [3.05, 3.63) is 29.8 Å². The predicted molar refractivity (Wildman–Crippen MR) is 73.5 cm³/mol. The van der Waals surface area contributed by atoms with Crippen molar-refractivity contribution in [1.29, 1.82) is 0 Å². The number of sulfone groups is 1. The minimum Gasteiger partial charge on any atom is -0.396 e. The van der Waals surface area contributed by atoms with Crippen LogP contribution in [0.5, 0.6) is 0 Å². The molecule has 0 aliphatic heterocycles. The molecular formula is C13H21NO4S. The molecule has 0 radical (unpaired) electrons. The Labute approximate surface area is 114 Å². The molecule has 0 bridgehead atoms. The Morgan fingerprint density at radius 2 is 1.68 bits per heavy atom. The molecular weight excluding hydrogens is 266 g/mol. The van der Waals surface area contributed by atoms with Gasteiger partial charge in [-0.15, -0.1) is 0 Å². The minimum absolute atomic E-state index is 0.0937. The quantitative estimate of drug-likeness (QED) is 0.665. The molecule has 6 heteroatoms. The van der Waals surface area contributed by atoms with Gasteiger partial charge in [0.25, 0.3) is 0 Å². The Morgan fingerprint density at radius 3 is 2.11 bits per heavy atom. The van der Waals surface area contributed by atoms with Gasteiger partial charge < -0.3 is 15.5 Å². The van der Waals surface area contributed by atoms with E-state index in [0.717, 1.165) is 5.56 Å². The van der Waals surface area contributed by atoms with Crippen LogP contribution in [0.3, 0.4) is 0 Å². The smallest absolute Gasteiger partial charge is 0.175 e. The molecule has 0 aromatic heterocycles. The zero-order chi connectivity index (χ0) is 14.5. The number of aliphatic hydroxyl groups excluding tert-OH is 2. The van der Waals surface area contributed by atoms with Gasteiger partial charge in [-0.3, -0.25) is 0 Å². The lowest BCUT2D eigenvalue weighted by atomic mass is 9.93. The summed E-state index contributed by atoms with van der Waals surface area (Å²) in [7, 11) is -3.16. The van der Waals surface area contributed by atoms with E-state index in [4.69, 9.17) is 10.2 Å². The van der Waals surface area contributed by atoms with Crippen LogP contribution in [-0.4, -0.2) is 44.6 Å². The number of aliphatic hydroxyl groups is 2. The first kappa shape index (κ1) is 16.1. The van der Waals surface area contributed by atoms with E-state index in [9.17, 15) is 8.42 Å². The van der Waals surface area contributed by atoms with E-state index < -0.39 is 15.3 Å². The third kappa shape index (κ3) is 4.91. The highest BCUT2D eigenvalue weighted by Crippen LogP contribution is 2.13. The summed E-state index contributed by atoms with van der Waals surface area (Å²) in [5.74, 6) is 0. The first-order valence-corrected chi connectivity index (χ1v) is 7.91. The number of rotatable bonds is 7. The molecule has 0 unspecified atom stereocenters. The topological polar surface area (TPSA) is 86.6 Å². The maximum absolute atomic E-state index is 11.3. The summed E-state index contributed by atoms with van der Waals surface area (Å²) >= 11 is 0. The van der Waals surface area contributed by atoms with Crippen LogP contribution in [-0.2, 0) is 16.4 Å². The molecule has 1 rings (SSSR count). The van der Waals surface area contributed by atoms with Crippen molar-refractivity contribution in [1.82, 2.24) is 5.32 Å². The summed E-state index contributed by atoms with van der Waals surface area (Å²) in [6.45, 7) is 2.63. The Balaban J connectivity index is 2.56. The molecule has 0 aliphatic rings. The summed E-state index contributed by atoms with van der Waals surface area (Å²) in [5.41, 5.74) is 0.401. The van der Waals surface area contributed by atoms with Gasteiger partial charge in [-0.2, -0.15) is 0 Å². The number of hydrogen-bond acceptors (Lipinski definition) is 5. The average molecular weight is 287 g/mol. The van der Waals surface area contributed by atoms with Crippen molar-refractivity contribution in [3.8, 4) is 0 Å². The molecule has 1 aromatic carbocycles. The highest BCUT2D eigenvalue weighted by Gasteiger charge is 2.21. The molecule has 3 N–H and O–H groups in total. The summed E-state index contributed by atoms with van der Waals surface area (Å²) < 4.78 is 22.6. The second kappa shape index (κ2) is 6.47. The Kier molecular flexibility index (Phi) is 5.49. The second-order valence-electron chi connectivity index (χ2n) is 5.15. The van der Waals surface area contributed by atoms with E-state index in [2.05, 4.69) is 5.32 Å². The van der Waals surface area contributed by atoms with Gasteiger partial charge in [-0.1, -0.05) is 19.1 Å². The number of hydrogen-bond donors (Lipinski definition) is 3. The van der Waals surface area contributed by atoms with Crippen LogP contribution in [0.25, 0.3) is 0 Å². The molecule has 0 spiro atoms. The van der Waals surface area contributed by atoms with E-state index in [1.165, 1.54) is 6.26 Å². The zero-order valence-corrected chi connectivity index (χ0v) is 12.1. The van der Waals surface area contributed by atoms with Gasteiger partial charge in [0.1, 0.15) is 0 Å². The molecule has 0 heterocycles. The van der Waals surface area contributed by atoms with Crippen LogP contribution >= 0.6 is 0 Å². The predicted octanol–water partition coefficient (Wildman–Crippen LogP) is 0.171. The Morgan fingerprint density at radius 1 is 1.16 bits per heavy atom. The van der Waals surface area contributed by atoms with E-state index >= 15 is 0 Å². The fourth-order valence-corrected chi connectivity index (χ4v) is 2.16. The first-order chi connectivity index (χ1) is 8.80. The molecule has 0 saturated carbocycles. The summed E-state index contributed by atoms with van der Waals surface area (Å²) in [4.78, 5) is 0.298. The van der Waals surface area contributed by atoms with Gasteiger partial charge in [0, 0.05) is 24.8 Å². The van der Waals surface area contributed by atoms with Gasteiger partial charge in [0.15, 0.2) is 9.84 Å². The van der Waals surface area contributed by atoms with Gasteiger partial charge in [0.05, 0.1) is 18.1 Å². The second-order valence-corrected chi connectivity index (χ2v) is 7.16. The average Bonchev–Trinajstić information content (AvgIpc) is 2.38. The minimum atomic E-state index is -3.16. The van der Waals surface area contributed by atoms with Gasteiger partial charge in [-0.25, -0.2) is 8.42 Å². The highest BCUT2D eigenvalue weighted by molar-refractivity contribution is 7.90. The fourth-order valence-electron chi connectivity index (χ4n) is 1.52. The molecule has 1 aromatic rings. The molecule has 0 aliphatic carbocycles. The lowest BCUT2D eigenvalue weighted by Gasteiger charge is -2.24. The van der Waals surface area contributed by atoms with Crippen LogP contribution in [0.15, 0.2) is 29.2 Å². The van der Waals surface area contributed by atoms with Crippen molar-refractivity contribution < 1.29 is 18.6 Å². The van der Waals surface area contributed by atoms with Crippen molar-refractivity contribution in [3.63, 3.8) is 0 Å². The fraction of sp³-hybridized carbons (Fsp3) is 0.538. The first-order valence-electron chi connectivity index (χ1n) is 6.02. The van der Waals surface area contributed by atoms with Crippen molar-refractivity contribution in [2.24, 2.45) is 5.41 Å². The molecule has 108 valence electrons. The van der Waals surface area contributed by atoms with E-state index in [1.54, 1.807) is 31.2 Å². The van der Waals surface area contributed by atoms with Crippen molar-refractivity contribution >= 4 is 9.84 Å². The monoisotopic (exact) mass is 287 g/mol. The molecule has 0 atom stereocenters. The zero-order valence-electron chi connectivity index (χ0n) is 11.3. The normalized spacial score (nSPS) is 12.6. The lowest BCUT2D eigenvalue weighted by Crippen LogP contribution is -2.37. The maximum Gasteiger partial charge on any atom is 0.175 e. The standard InChI is InChI=1S/C13H21NO4S/c1-13(9-15,10-16)8-14-7-11-3-5-12(6-4-11)19(2,17)18/h3-6,14-16H,7-10H2,1-2H3. The Hall–Kier alpha value is -0.950. The summed E-state index contributed by atoms with van der Waals surface area (Å²) in [6, 6.07) is 6.64. The highest BCUT2D eigenvalue weighted by atomic mass is 32.2. The van der Waals surface area contributed by atoms with Crippen molar-refractivity contribution in [2.75, 3.05) is 26.0 Å². The number of nitrogens with one attached hydrogen (secondary N) is 1. The van der Waals surface area contributed by atoms with Gasteiger partial charge in [0.2, 0.25) is 0 Å². The maximum atomic E-state index is 11.3. The Bertz CT molecular complexity index is 492. The van der Waals surface area contributed by atoms with Crippen molar-refractivity contribution in [2.45, 2.75) is 18.4 Å².